The molecule has 0 fully saturated rings. The quantitative estimate of drug-likeness (QED) is 0.679. The van der Waals surface area contributed by atoms with Gasteiger partial charge in [-0.05, 0) is 54.3 Å². The van der Waals surface area contributed by atoms with E-state index in [9.17, 15) is 9.18 Å². The zero-order chi connectivity index (χ0) is 17.6. The van der Waals surface area contributed by atoms with Crippen LogP contribution in [0.2, 0.25) is 0 Å². The molecule has 0 atom stereocenters. The molecule has 0 bridgehead atoms. The summed E-state index contributed by atoms with van der Waals surface area (Å²) < 4.78 is 12.9. The maximum absolute atomic E-state index is 12.9. The van der Waals surface area contributed by atoms with E-state index in [0.717, 1.165) is 22.0 Å². The molecule has 4 nitrogen and oxygen atoms in total. The van der Waals surface area contributed by atoms with Crippen LogP contribution >= 0.6 is 11.8 Å². The predicted molar refractivity (Wildman–Crippen MR) is 98.2 cm³/mol. The molecule has 2 aromatic carbocycles. The van der Waals surface area contributed by atoms with Crippen LogP contribution in [0.4, 0.5) is 10.1 Å². The maximum atomic E-state index is 12.9. The lowest BCUT2D eigenvalue weighted by molar-refractivity contribution is 0.102. The Morgan fingerprint density at radius 3 is 2.56 bits per heavy atom. The summed E-state index contributed by atoms with van der Waals surface area (Å²) in [6.45, 7) is 2.06. The van der Waals surface area contributed by atoms with E-state index >= 15 is 0 Å². The third-order valence-electron chi connectivity index (χ3n) is 3.45. The number of carbonyl (C=O) groups excluding carboxylic acids is 1. The molecule has 0 spiro atoms. The van der Waals surface area contributed by atoms with E-state index < -0.39 is 0 Å². The third kappa shape index (κ3) is 4.42. The molecule has 3 rings (SSSR count). The fraction of sp³-hybridized carbons (Fsp3) is 0.105. The number of amides is 1. The molecule has 6 heteroatoms. The molecule has 3 aromatic rings. The minimum absolute atomic E-state index is 0.294. The highest BCUT2D eigenvalue weighted by molar-refractivity contribution is 7.99. The zero-order valence-corrected chi connectivity index (χ0v) is 14.4. The van der Waals surface area contributed by atoms with Crippen molar-refractivity contribution in [1.82, 2.24) is 10.2 Å². The minimum atomic E-state index is -0.373. The van der Waals surface area contributed by atoms with Gasteiger partial charge in [-0.3, -0.25) is 4.79 Å². The number of rotatable bonds is 5. The largest absolute Gasteiger partial charge is 0.322 e. The first-order valence-electron chi connectivity index (χ1n) is 7.79. The molecular formula is C19H16FN3OS. The van der Waals surface area contributed by atoms with Crippen molar-refractivity contribution < 1.29 is 9.18 Å². The highest BCUT2D eigenvalue weighted by Crippen LogP contribution is 2.22. The minimum Gasteiger partial charge on any atom is -0.322 e. The topological polar surface area (TPSA) is 54.9 Å². The highest BCUT2D eigenvalue weighted by atomic mass is 32.2. The Bertz CT molecular complexity index is 867. The van der Waals surface area contributed by atoms with Crippen LogP contribution in [0.25, 0.3) is 11.3 Å². The van der Waals surface area contributed by atoms with Gasteiger partial charge in [0, 0.05) is 16.8 Å². The molecular weight excluding hydrogens is 337 g/mol. The number of nitrogens with zero attached hydrogens (tertiary/aromatic N) is 2. The van der Waals surface area contributed by atoms with Crippen molar-refractivity contribution in [2.24, 2.45) is 0 Å². The average molecular weight is 353 g/mol. The summed E-state index contributed by atoms with van der Waals surface area (Å²) in [6.07, 6.45) is 0. The van der Waals surface area contributed by atoms with Gasteiger partial charge in [0.1, 0.15) is 10.8 Å². The Balaban J connectivity index is 1.77. The third-order valence-corrected chi connectivity index (χ3v) is 4.26. The van der Waals surface area contributed by atoms with Gasteiger partial charge in [-0.15, -0.1) is 22.0 Å². The van der Waals surface area contributed by atoms with Crippen LogP contribution in [-0.2, 0) is 0 Å². The number of benzene rings is 2. The maximum Gasteiger partial charge on any atom is 0.255 e. The van der Waals surface area contributed by atoms with Gasteiger partial charge in [-0.1, -0.05) is 19.1 Å². The Morgan fingerprint density at radius 2 is 1.88 bits per heavy atom. The normalized spacial score (nSPS) is 10.5. The number of carbonyl (C=O) groups is 1. The fourth-order valence-electron chi connectivity index (χ4n) is 2.26. The van der Waals surface area contributed by atoms with Crippen molar-refractivity contribution in [1.29, 1.82) is 0 Å². The van der Waals surface area contributed by atoms with Crippen molar-refractivity contribution in [3.8, 4) is 11.3 Å². The lowest BCUT2D eigenvalue weighted by Gasteiger charge is -2.07. The number of hydrogen-bond acceptors (Lipinski definition) is 4. The molecule has 0 saturated carbocycles. The number of thioether (sulfide) groups is 1. The molecule has 0 aliphatic heterocycles. The summed E-state index contributed by atoms with van der Waals surface area (Å²) in [5, 5.41) is 12.1. The fourth-order valence-corrected chi connectivity index (χ4v) is 2.82. The first-order chi connectivity index (χ1) is 12.2. The van der Waals surface area contributed by atoms with Crippen LogP contribution < -0.4 is 5.32 Å². The Hall–Kier alpha value is -2.73. The van der Waals surface area contributed by atoms with Gasteiger partial charge in [-0.25, -0.2) is 4.39 Å². The SMILES string of the molecule is CCSc1ccc(-c2cccc(NC(=O)c3ccc(F)cc3)c2)nn1. The Labute approximate surface area is 149 Å². The van der Waals surface area contributed by atoms with Crippen molar-refractivity contribution in [3.63, 3.8) is 0 Å². The van der Waals surface area contributed by atoms with Crippen LogP contribution in [0.15, 0.2) is 65.7 Å². The van der Waals surface area contributed by atoms with Crippen molar-refractivity contribution in [3.05, 3.63) is 72.0 Å². The van der Waals surface area contributed by atoms with Crippen molar-refractivity contribution >= 4 is 23.4 Å². The lowest BCUT2D eigenvalue weighted by atomic mass is 10.1. The lowest BCUT2D eigenvalue weighted by Crippen LogP contribution is -2.11. The monoisotopic (exact) mass is 353 g/mol. The van der Waals surface area contributed by atoms with E-state index in [4.69, 9.17) is 0 Å². The van der Waals surface area contributed by atoms with Crippen LogP contribution in [0.5, 0.6) is 0 Å². The molecule has 0 aliphatic carbocycles. The molecule has 0 radical (unpaired) electrons. The molecule has 0 saturated heterocycles. The van der Waals surface area contributed by atoms with Crippen molar-refractivity contribution in [2.45, 2.75) is 11.9 Å². The van der Waals surface area contributed by atoms with E-state index in [2.05, 4.69) is 22.4 Å². The number of halogens is 1. The van der Waals surface area contributed by atoms with E-state index in [1.165, 1.54) is 24.3 Å². The molecule has 1 amide bonds. The summed E-state index contributed by atoms with van der Waals surface area (Å²) in [5.41, 5.74) is 2.63. The van der Waals surface area contributed by atoms with Gasteiger partial charge in [-0.2, -0.15) is 0 Å². The van der Waals surface area contributed by atoms with E-state index in [0.29, 0.717) is 11.3 Å². The molecule has 1 heterocycles. The van der Waals surface area contributed by atoms with Gasteiger partial charge in [0.15, 0.2) is 0 Å². The number of hydrogen-bond donors (Lipinski definition) is 1. The Kier molecular flexibility index (Phi) is 5.40. The summed E-state index contributed by atoms with van der Waals surface area (Å²) in [5.74, 6) is 0.276. The number of anilines is 1. The van der Waals surface area contributed by atoms with Gasteiger partial charge in [0.2, 0.25) is 0 Å². The van der Waals surface area contributed by atoms with Gasteiger partial charge in [0.05, 0.1) is 5.69 Å². The number of aromatic nitrogens is 2. The molecule has 0 aliphatic rings. The van der Waals surface area contributed by atoms with Gasteiger partial charge >= 0.3 is 0 Å². The highest BCUT2D eigenvalue weighted by Gasteiger charge is 2.08. The molecule has 0 unspecified atom stereocenters. The van der Waals surface area contributed by atoms with E-state index in [-0.39, 0.29) is 11.7 Å². The molecule has 1 aromatic heterocycles. The summed E-state index contributed by atoms with van der Waals surface area (Å²) in [7, 11) is 0. The van der Waals surface area contributed by atoms with Crippen LogP contribution in [0.3, 0.4) is 0 Å². The second-order valence-electron chi connectivity index (χ2n) is 5.23. The van der Waals surface area contributed by atoms with Crippen molar-refractivity contribution in [2.75, 3.05) is 11.1 Å². The van der Waals surface area contributed by atoms with Crippen LogP contribution in [0.1, 0.15) is 17.3 Å². The molecule has 25 heavy (non-hydrogen) atoms. The second kappa shape index (κ2) is 7.90. The Morgan fingerprint density at radius 1 is 1.08 bits per heavy atom. The molecule has 126 valence electrons. The van der Waals surface area contributed by atoms with Crippen LogP contribution in [-0.4, -0.2) is 21.9 Å². The second-order valence-corrected chi connectivity index (χ2v) is 6.52. The van der Waals surface area contributed by atoms with Gasteiger partial charge in [0.25, 0.3) is 5.91 Å². The zero-order valence-electron chi connectivity index (χ0n) is 13.6. The standard InChI is InChI=1S/C19H16FN3OS/c1-2-25-18-11-10-17(22-23-18)14-4-3-5-16(12-14)21-19(24)13-6-8-15(20)9-7-13/h3-12H,2H2,1H3,(H,21,24). The first kappa shape index (κ1) is 17.1. The number of nitrogens with one attached hydrogen (secondary N) is 1. The van der Waals surface area contributed by atoms with Crippen LogP contribution in [0, 0.1) is 5.82 Å². The molecule has 1 N–H and O–H groups in total. The van der Waals surface area contributed by atoms with E-state index in [1.54, 1.807) is 17.8 Å². The summed E-state index contributed by atoms with van der Waals surface area (Å²) in [4.78, 5) is 12.2. The predicted octanol–water partition coefficient (Wildman–Crippen LogP) is 4.65. The first-order valence-corrected chi connectivity index (χ1v) is 8.78. The summed E-state index contributed by atoms with van der Waals surface area (Å²) in [6, 6.07) is 16.6. The van der Waals surface area contributed by atoms with Gasteiger partial charge < -0.3 is 5.32 Å². The smallest absolute Gasteiger partial charge is 0.255 e. The average Bonchev–Trinajstić information content (AvgIpc) is 2.63. The summed E-state index contributed by atoms with van der Waals surface area (Å²) >= 11 is 1.63. The van der Waals surface area contributed by atoms with E-state index in [1.807, 2.05) is 30.3 Å².